The van der Waals surface area contributed by atoms with Crippen LogP contribution in [0.1, 0.15) is 49.1 Å². The normalized spacial score (nSPS) is 15.4. The van der Waals surface area contributed by atoms with Crippen molar-refractivity contribution >= 4 is 17.4 Å². The van der Waals surface area contributed by atoms with Crippen molar-refractivity contribution in [3.63, 3.8) is 0 Å². The maximum atomic E-state index is 12.7. The number of unbranched alkanes of at least 4 members (excludes halogenated alkanes) is 1. The smallest absolute Gasteiger partial charge is 0.226 e. The molecule has 0 fully saturated rings. The van der Waals surface area contributed by atoms with Crippen molar-refractivity contribution in [2.45, 2.75) is 39.0 Å². The van der Waals surface area contributed by atoms with Crippen molar-refractivity contribution in [3.05, 3.63) is 53.5 Å². The number of aryl methyl sites for hydroxylation is 1. The highest BCUT2D eigenvalue weighted by atomic mass is 16.5. The Hall–Kier alpha value is -3.95. The van der Waals surface area contributed by atoms with E-state index in [1.54, 1.807) is 28.6 Å². The van der Waals surface area contributed by atoms with E-state index in [4.69, 9.17) is 9.47 Å². The van der Waals surface area contributed by atoms with E-state index in [1.165, 1.54) is 0 Å². The molecule has 0 saturated heterocycles. The maximum Gasteiger partial charge on any atom is 0.226 e. The summed E-state index contributed by atoms with van der Waals surface area (Å²) in [6.07, 6.45) is 4.13. The number of aromatic nitrogens is 6. The molecule has 5 rings (SSSR count). The van der Waals surface area contributed by atoms with Crippen LogP contribution in [0.15, 0.2) is 36.5 Å². The summed E-state index contributed by atoms with van der Waals surface area (Å²) < 4.78 is 14.7. The summed E-state index contributed by atoms with van der Waals surface area (Å²) in [5.74, 6) is 2.94. The molecule has 170 valence electrons. The Morgan fingerprint density at radius 3 is 2.88 bits per heavy atom. The van der Waals surface area contributed by atoms with Crippen LogP contribution in [-0.4, -0.2) is 49.2 Å². The SMILES string of the molecule is CCCCOc1ccc([C@H]2CC(=O)Nc3c2cnn3-c2ccc3nnc(C)n3n2)cc1OC. The molecule has 0 radical (unpaired) electrons. The second kappa shape index (κ2) is 8.53. The Bertz CT molecular complexity index is 1330. The fourth-order valence-electron chi connectivity index (χ4n) is 4.04. The van der Waals surface area contributed by atoms with Gasteiger partial charge in [-0.05, 0) is 43.2 Å². The molecule has 1 aliphatic heterocycles. The fourth-order valence-corrected chi connectivity index (χ4v) is 4.04. The Morgan fingerprint density at radius 1 is 1.18 bits per heavy atom. The lowest BCUT2D eigenvalue weighted by atomic mass is 9.87. The highest BCUT2D eigenvalue weighted by Gasteiger charge is 2.31. The predicted molar refractivity (Wildman–Crippen MR) is 121 cm³/mol. The van der Waals surface area contributed by atoms with Gasteiger partial charge in [0.1, 0.15) is 5.82 Å². The lowest BCUT2D eigenvalue weighted by molar-refractivity contribution is -0.116. The van der Waals surface area contributed by atoms with E-state index in [1.807, 2.05) is 31.2 Å². The van der Waals surface area contributed by atoms with Crippen molar-refractivity contribution < 1.29 is 14.3 Å². The van der Waals surface area contributed by atoms with Gasteiger partial charge in [0.25, 0.3) is 0 Å². The van der Waals surface area contributed by atoms with E-state index < -0.39 is 0 Å². The Balaban J connectivity index is 1.51. The van der Waals surface area contributed by atoms with Gasteiger partial charge in [-0.1, -0.05) is 19.4 Å². The second-order valence-corrected chi connectivity index (χ2v) is 7.99. The number of amides is 1. The number of nitrogens with one attached hydrogen (secondary N) is 1. The molecule has 1 N–H and O–H groups in total. The average molecular weight is 447 g/mol. The molecule has 33 heavy (non-hydrogen) atoms. The standard InChI is InChI=1S/C23H25N7O3/c1-4-5-10-33-18-7-6-15(11-19(18)32-3)16-12-22(31)25-23-17(16)13-24-30(23)21-9-8-20-27-26-14(2)29(20)28-21/h6-9,11,13,16H,4-5,10,12H2,1-3H3,(H,25,31)/t16-/m1/s1. The Labute approximate surface area is 190 Å². The molecular weight excluding hydrogens is 422 g/mol. The molecule has 0 spiro atoms. The first-order valence-electron chi connectivity index (χ1n) is 11.0. The average Bonchev–Trinajstić information content (AvgIpc) is 3.42. The fraction of sp³-hybridized carbons (Fsp3) is 0.348. The van der Waals surface area contributed by atoms with Gasteiger partial charge in [0.05, 0.1) is 19.9 Å². The number of carbonyl (C=O) groups is 1. The molecule has 10 heteroatoms. The van der Waals surface area contributed by atoms with Gasteiger partial charge in [-0.25, -0.2) is 0 Å². The van der Waals surface area contributed by atoms with Crippen LogP contribution in [0.5, 0.6) is 11.5 Å². The van der Waals surface area contributed by atoms with Crippen LogP contribution in [-0.2, 0) is 4.79 Å². The molecule has 0 aliphatic carbocycles. The molecule has 1 aromatic carbocycles. The summed E-state index contributed by atoms with van der Waals surface area (Å²) in [6, 6.07) is 9.46. The molecule has 10 nitrogen and oxygen atoms in total. The molecular formula is C23H25N7O3. The Kier molecular flexibility index (Phi) is 5.41. The number of hydrogen-bond acceptors (Lipinski definition) is 7. The number of hydrogen-bond donors (Lipinski definition) is 1. The molecule has 3 aromatic heterocycles. The summed E-state index contributed by atoms with van der Waals surface area (Å²) in [5.41, 5.74) is 2.52. The molecule has 0 unspecified atom stereocenters. The van der Waals surface area contributed by atoms with Crippen LogP contribution >= 0.6 is 0 Å². The third-order valence-electron chi connectivity index (χ3n) is 5.79. The van der Waals surface area contributed by atoms with E-state index in [2.05, 4.69) is 32.6 Å². The number of rotatable bonds is 7. The zero-order valence-electron chi connectivity index (χ0n) is 18.8. The van der Waals surface area contributed by atoms with E-state index >= 15 is 0 Å². The first-order chi connectivity index (χ1) is 16.1. The van der Waals surface area contributed by atoms with E-state index in [-0.39, 0.29) is 11.8 Å². The monoisotopic (exact) mass is 447 g/mol. The highest BCUT2D eigenvalue weighted by molar-refractivity contribution is 5.94. The van der Waals surface area contributed by atoms with Crippen molar-refractivity contribution in [2.24, 2.45) is 0 Å². The van der Waals surface area contributed by atoms with Crippen LogP contribution in [0.4, 0.5) is 5.82 Å². The van der Waals surface area contributed by atoms with E-state index in [0.717, 1.165) is 24.0 Å². The van der Waals surface area contributed by atoms with Gasteiger partial charge in [0, 0.05) is 17.9 Å². The minimum atomic E-state index is -0.165. The molecule has 0 bridgehead atoms. The van der Waals surface area contributed by atoms with E-state index in [0.29, 0.717) is 47.6 Å². The molecule has 1 amide bonds. The number of methoxy groups -OCH3 is 1. The lowest BCUT2D eigenvalue weighted by Gasteiger charge is -2.24. The highest BCUT2D eigenvalue weighted by Crippen LogP contribution is 2.40. The zero-order valence-corrected chi connectivity index (χ0v) is 18.8. The predicted octanol–water partition coefficient (Wildman–Crippen LogP) is 3.28. The van der Waals surface area contributed by atoms with Crippen LogP contribution in [0.3, 0.4) is 0 Å². The summed E-state index contributed by atoms with van der Waals surface area (Å²) >= 11 is 0. The summed E-state index contributed by atoms with van der Waals surface area (Å²) in [7, 11) is 1.62. The lowest BCUT2D eigenvalue weighted by Crippen LogP contribution is -2.25. The van der Waals surface area contributed by atoms with Crippen molar-refractivity contribution in [3.8, 4) is 17.3 Å². The molecule has 0 saturated carbocycles. The minimum Gasteiger partial charge on any atom is -0.493 e. The van der Waals surface area contributed by atoms with Gasteiger partial charge in [-0.2, -0.15) is 14.3 Å². The number of ether oxygens (including phenoxy) is 2. The molecule has 1 aliphatic rings. The third-order valence-corrected chi connectivity index (χ3v) is 5.79. The van der Waals surface area contributed by atoms with Gasteiger partial charge in [0.15, 0.2) is 28.8 Å². The maximum absolute atomic E-state index is 12.7. The number of benzene rings is 1. The van der Waals surface area contributed by atoms with Crippen LogP contribution in [0.25, 0.3) is 11.5 Å². The first kappa shape index (κ1) is 20.9. The number of fused-ring (bicyclic) bond motifs is 2. The molecule has 4 heterocycles. The van der Waals surface area contributed by atoms with Crippen LogP contribution in [0.2, 0.25) is 0 Å². The zero-order chi connectivity index (χ0) is 22.9. The summed E-state index contributed by atoms with van der Waals surface area (Å²) in [4.78, 5) is 12.7. The third kappa shape index (κ3) is 3.77. The van der Waals surface area contributed by atoms with Gasteiger partial charge in [0.2, 0.25) is 5.91 Å². The van der Waals surface area contributed by atoms with Gasteiger partial charge in [-0.15, -0.1) is 15.3 Å². The van der Waals surface area contributed by atoms with Crippen LogP contribution in [0, 0.1) is 6.92 Å². The van der Waals surface area contributed by atoms with Gasteiger partial charge < -0.3 is 14.8 Å². The van der Waals surface area contributed by atoms with Gasteiger partial charge >= 0.3 is 0 Å². The largest absolute Gasteiger partial charge is 0.493 e. The topological polar surface area (TPSA) is 108 Å². The first-order valence-corrected chi connectivity index (χ1v) is 11.0. The number of nitrogens with zero attached hydrogens (tertiary/aromatic N) is 6. The summed E-state index contributed by atoms with van der Waals surface area (Å²) in [6.45, 7) is 4.59. The molecule has 4 aromatic rings. The quantitative estimate of drug-likeness (QED) is 0.433. The number of anilines is 1. The summed E-state index contributed by atoms with van der Waals surface area (Å²) in [5, 5.41) is 20.2. The second-order valence-electron chi connectivity index (χ2n) is 7.99. The Morgan fingerprint density at radius 2 is 2.06 bits per heavy atom. The van der Waals surface area contributed by atoms with Crippen molar-refractivity contribution in [1.82, 2.24) is 29.6 Å². The van der Waals surface area contributed by atoms with E-state index in [9.17, 15) is 4.79 Å². The number of carbonyl (C=O) groups excluding carboxylic acids is 1. The molecule has 1 atom stereocenters. The van der Waals surface area contributed by atoms with Crippen LogP contribution < -0.4 is 14.8 Å². The minimum absolute atomic E-state index is 0.0851. The van der Waals surface area contributed by atoms with Crippen molar-refractivity contribution in [2.75, 3.05) is 19.0 Å². The van der Waals surface area contributed by atoms with Gasteiger partial charge in [-0.3, -0.25) is 4.79 Å². The van der Waals surface area contributed by atoms with Crippen molar-refractivity contribution in [1.29, 1.82) is 0 Å².